The molecule has 0 saturated heterocycles. The van der Waals surface area contributed by atoms with Crippen molar-refractivity contribution in [2.45, 2.75) is 19.9 Å². The van der Waals surface area contributed by atoms with Crippen LogP contribution in [0.25, 0.3) is 22.2 Å². The van der Waals surface area contributed by atoms with Crippen LogP contribution in [-0.2, 0) is 6.54 Å². The van der Waals surface area contributed by atoms with E-state index in [1.807, 2.05) is 18.2 Å². The van der Waals surface area contributed by atoms with Gasteiger partial charge in [0.25, 0.3) is 0 Å². The predicted molar refractivity (Wildman–Crippen MR) is 96.9 cm³/mol. The molecule has 0 saturated carbocycles. The Bertz CT molecular complexity index is 834. The summed E-state index contributed by atoms with van der Waals surface area (Å²) < 4.78 is 12.9. The van der Waals surface area contributed by atoms with E-state index in [0.29, 0.717) is 0 Å². The van der Waals surface area contributed by atoms with Gasteiger partial charge >= 0.3 is 0 Å². The molecule has 0 amide bonds. The Morgan fingerprint density at radius 3 is 2.25 bits per heavy atom. The minimum Gasteiger partial charge on any atom is -0.497 e. The third-order valence-electron chi connectivity index (χ3n) is 4.43. The molecule has 0 aliphatic heterocycles. The fraction of sp³-hybridized carbons (Fsp3) is 0.300. The van der Waals surface area contributed by atoms with Crippen LogP contribution in [0.15, 0.2) is 42.5 Å². The van der Waals surface area contributed by atoms with Crippen LogP contribution in [0.4, 0.5) is 0 Å². The van der Waals surface area contributed by atoms with Gasteiger partial charge in [-0.2, -0.15) is 0 Å². The van der Waals surface area contributed by atoms with Crippen LogP contribution in [0.1, 0.15) is 12.0 Å². The number of rotatable bonds is 6. The number of aliphatic hydroxyl groups is 1. The Morgan fingerprint density at radius 2 is 1.62 bits per heavy atom. The van der Waals surface area contributed by atoms with Crippen molar-refractivity contribution in [1.29, 1.82) is 0 Å². The molecule has 0 aliphatic carbocycles. The molecule has 1 heterocycles. The number of aromatic nitrogens is 1. The molecule has 0 bridgehead atoms. The third kappa shape index (κ3) is 2.85. The first kappa shape index (κ1) is 16.4. The van der Waals surface area contributed by atoms with Crippen molar-refractivity contribution < 1.29 is 14.6 Å². The van der Waals surface area contributed by atoms with E-state index in [9.17, 15) is 5.11 Å². The number of nitrogens with zero attached hydrogens (tertiary/aromatic N) is 1. The largest absolute Gasteiger partial charge is 0.497 e. The number of ether oxygens (including phenoxy) is 2. The average molecular weight is 325 g/mol. The molecule has 1 aromatic heterocycles. The summed E-state index contributed by atoms with van der Waals surface area (Å²) in [7, 11) is 3.36. The SMILES string of the molecule is COc1ccc(-c2c(C)c3cc(OC)ccc3n2CCCO)cc1. The lowest BCUT2D eigenvalue weighted by atomic mass is 10.1. The maximum Gasteiger partial charge on any atom is 0.119 e. The fourth-order valence-corrected chi connectivity index (χ4v) is 3.21. The van der Waals surface area contributed by atoms with E-state index in [0.717, 1.165) is 35.5 Å². The molecule has 0 aliphatic rings. The lowest BCUT2D eigenvalue weighted by molar-refractivity contribution is 0.281. The van der Waals surface area contributed by atoms with Gasteiger partial charge in [0, 0.05) is 24.1 Å². The Morgan fingerprint density at radius 1 is 0.958 bits per heavy atom. The van der Waals surface area contributed by atoms with Crippen LogP contribution < -0.4 is 9.47 Å². The van der Waals surface area contributed by atoms with E-state index >= 15 is 0 Å². The van der Waals surface area contributed by atoms with Crippen LogP contribution in [0.5, 0.6) is 11.5 Å². The maximum absolute atomic E-state index is 9.27. The highest BCUT2D eigenvalue weighted by Gasteiger charge is 2.16. The second kappa shape index (κ2) is 6.97. The van der Waals surface area contributed by atoms with Gasteiger partial charge in [-0.1, -0.05) is 0 Å². The van der Waals surface area contributed by atoms with Gasteiger partial charge in [0.05, 0.1) is 19.9 Å². The highest BCUT2D eigenvalue weighted by molar-refractivity contribution is 5.92. The fourth-order valence-electron chi connectivity index (χ4n) is 3.21. The summed E-state index contributed by atoms with van der Waals surface area (Å²) in [6, 6.07) is 14.2. The Labute approximate surface area is 142 Å². The highest BCUT2D eigenvalue weighted by atomic mass is 16.5. The van der Waals surface area contributed by atoms with Gasteiger partial charge in [-0.15, -0.1) is 0 Å². The van der Waals surface area contributed by atoms with Gasteiger partial charge < -0.3 is 19.1 Å². The number of benzene rings is 2. The van der Waals surface area contributed by atoms with E-state index < -0.39 is 0 Å². The van der Waals surface area contributed by atoms with E-state index in [4.69, 9.17) is 9.47 Å². The summed E-state index contributed by atoms with van der Waals surface area (Å²) >= 11 is 0. The number of aliphatic hydroxyl groups excluding tert-OH is 1. The van der Waals surface area contributed by atoms with Crippen LogP contribution in [0.2, 0.25) is 0 Å². The van der Waals surface area contributed by atoms with Gasteiger partial charge in [-0.05, 0) is 66.9 Å². The second-order valence-corrected chi connectivity index (χ2v) is 5.81. The summed E-state index contributed by atoms with van der Waals surface area (Å²) in [4.78, 5) is 0. The summed E-state index contributed by atoms with van der Waals surface area (Å²) in [6.45, 7) is 3.09. The van der Waals surface area contributed by atoms with Gasteiger partial charge in [0.1, 0.15) is 11.5 Å². The van der Waals surface area contributed by atoms with E-state index in [-0.39, 0.29) is 6.61 Å². The summed E-state index contributed by atoms with van der Waals surface area (Å²) in [5, 5.41) is 10.4. The molecule has 0 unspecified atom stereocenters. The normalized spacial score (nSPS) is 11.0. The van der Waals surface area contributed by atoms with E-state index in [1.165, 1.54) is 16.6 Å². The zero-order valence-corrected chi connectivity index (χ0v) is 14.4. The van der Waals surface area contributed by atoms with Gasteiger partial charge in [-0.3, -0.25) is 0 Å². The van der Waals surface area contributed by atoms with Crippen molar-refractivity contribution in [3.63, 3.8) is 0 Å². The second-order valence-electron chi connectivity index (χ2n) is 5.81. The van der Waals surface area contributed by atoms with E-state index in [1.54, 1.807) is 14.2 Å². The number of hydrogen-bond donors (Lipinski definition) is 1. The summed E-state index contributed by atoms with van der Waals surface area (Å²) in [6.07, 6.45) is 0.721. The monoisotopic (exact) mass is 325 g/mol. The summed E-state index contributed by atoms with van der Waals surface area (Å²) in [5.74, 6) is 1.70. The molecule has 1 N–H and O–H groups in total. The minimum atomic E-state index is 0.178. The molecule has 3 rings (SSSR count). The number of methoxy groups -OCH3 is 2. The molecular formula is C20H23NO3. The Hall–Kier alpha value is -2.46. The zero-order chi connectivity index (χ0) is 17.1. The molecule has 4 nitrogen and oxygen atoms in total. The molecule has 0 atom stereocenters. The lowest BCUT2D eigenvalue weighted by Gasteiger charge is -2.12. The molecule has 2 aromatic carbocycles. The molecule has 3 aromatic rings. The number of aryl methyl sites for hydroxylation is 2. The van der Waals surface area contributed by atoms with Gasteiger partial charge in [0.2, 0.25) is 0 Å². The molecule has 0 fully saturated rings. The summed E-state index contributed by atoms with van der Waals surface area (Å²) in [5.41, 5.74) is 4.69. The first-order valence-corrected chi connectivity index (χ1v) is 8.11. The van der Waals surface area contributed by atoms with Gasteiger partial charge in [-0.25, -0.2) is 0 Å². The number of hydrogen-bond acceptors (Lipinski definition) is 3. The molecule has 4 heteroatoms. The van der Waals surface area contributed by atoms with Crippen molar-refractivity contribution in [2.24, 2.45) is 0 Å². The van der Waals surface area contributed by atoms with Crippen LogP contribution in [0.3, 0.4) is 0 Å². The molecule has 0 spiro atoms. The van der Waals surface area contributed by atoms with Crippen LogP contribution >= 0.6 is 0 Å². The third-order valence-corrected chi connectivity index (χ3v) is 4.43. The highest BCUT2D eigenvalue weighted by Crippen LogP contribution is 2.36. The molecule has 126 valence electrons. The van der Waals surface area contributed by atoms with Crippen molar-refractivity contribution in [1.82, 2.24) is 4.57 Å². The molecule has 0 radical (unpaired) electrons. The van der Waals surface area contributed by atoms with Crippen molar-refractivity contribution in [2.75, 3.05) is 20.8 Å². The van der Waals surface area contributed by atoms with Crippen LogP contribution in [-0.4, -0.2) is 30.5 Å². The Kier molecular flexibility index (Phi) is 4.76. The molecule has 24 heavy (non-hydrogen) atoms. The van der Waals surface area contributed by atoms with Gasteiger partial charge in [0.15, 0.2) is 0 Å². The van der Waals surface area contributed by atoms with Crippen molar-refractivity contribution in [3.8, 4) is 22.8 Å². The Balaban J connectivity index is 2.21. The topological polar surface area (TPSA) is 43.6 Å². The number of fused-ring (bicyclic) bond motifs is 1. The lowest BCUT2D eigenvalue weighted by Crippen LogP contribution is -2.02. The van der Waals surface area contributed by atoms with Crippen molar-refractivity contribution in [3.05, 3.63) is 48.0 Å². The first-order valence-electron chi connectivity index (χ1n) is 8.11. The standard InChI is InChI=1S/C20H23NO3/c1-14-18-13-17(24-3)9-10-19(18)21(11-4-12-22)20(14)15-5-7-16(23-2)8-6-15/h5-10,13,22H,4,11-12H2,1-3H3. The van der Waals surface area contributed by atoms with Crippen molar-refractivity contribution >= 4 is 10.9 Å². The average Bonchev–Trinajstić information content (AvgIpc) is 2.91. The zero-order valence-electron chi connectivity index (χ0n) is 14.4. The maximum atomic E-state index is 9.27. The molecular weight excluding hydrogens is 302 g/mol. The quantitative estimate of drug-likeness (QED) is 0.744. The smallest absolute Gasteiger partial charge is 0.119 e. The minimum absolute atomic E-state index is 0.178. The first-order chi connectivity index (χ1) is 11.7. The van der Waals surface area contributed by atoms with Crippen LogP contribution in [0, 0.1) is 6.92 Å². The van der Waals surface area contributed by atoms with E-state index in [2.05, 4.69) is 35.8 Å². The predicted octanol–water partition coefficient (Wildman–Crippen LogP) is 4.02.